The Kier molecular flexibility index (Phi) is 5.68. The highest BCUT2D eigenvalue weighted by atomic mass is 16.6. The van der Waals surface area contributed by atoms with Gasteiger partial charge in [0.25, 0.3) is 5.69 Å². The van der Waals surface area contributed by atoms with Crippen LogP contribution >= 0.6 is 0 Å². The summed E-state index contributed by atoms with van der Waals surface area (Å²) in [5.41, 5.74) is 0.892. The number of nitrogens with zero attached hydrogens (tertiary/aromatic N) is 3. The molecule has 0 saturated carbocycles. The monoisotopic (exact) mass is 321 g/mol. The molecule has 0 aliphatic carbocycles. The van der Waals surface area contributed by atoms with Crippen molar-refractivity contribution in [2.24, 2.45) is 0 Å². The van der Waals surface area contributed by atoms with Gasteiger partial charge in [-0.1, -0.05) is 0 Å². The maximum atomic E-state index is 11.4. The Hall–Kier alpha value is -1.99. The Bertz CT molecular complexity index is 589. The lowest BCUT2D eigenvalue weighted by Crippen LogP contribution is -2.26. The maximum Gasteiger partial charge on any atom is 0.293 e. The number of nitro benzene ring substituents is 1. The first-order valence-electron chi connectivity index (χ1n) is 7.69. The fourth-order valence-electron chi connectivity index (χ4n) is 2.64. The molecule has 0 amide bonds. The number of hydrogen-bond donors (Lipinski definition) is 0. The van der Waals surface area contributed by atoms with Crippen LogP contribution in [-0.4, -0.2) is 62.0 Å². The van der Waals surface area contributed by atoms with Gasteiger partial charge in [0, 0.05) is 31.3 Å². The molecule has 1 aliphatic rings. The number of likely N-dealkylation sites (N-methyl/N-ethyl adjacent to an activating group) is 1. The van der Waals surface area contributed by atoms with Crippen molar-refractivity contribution in [3.05, 3.63) is 33.9 Å². The molecule has 1 heterocycles. The zero-order valence-electron chi connectivity index (χ0n) is 13.8. The summed E-state index contributed by atoms with van der Waals surface area (Å²) in [6.45, 7) is 4.25. The van der Waals surface area contributed by atoms with Crippen LogP contribution in [0.25, 0.3) is 0 Å². The van der Waals surface area contributed by atoms with Gasteiger partial charge < -0.3 is 14.5 Å². The predicted molar refractivity (Wildman–Crippen MR) is 88.2 cm³/mol. The molecule has 1 aromatic carbocycles. The summed E-state index contributed by atoms with van der Waals surface area (Å²) in [7, 11) is 3.98. The fourth-order valence-corrected chi connectivity index (χ4v) is 2.64. The van der Waals surface area contributed by atoms with Crippen molar-refractivity contribution in [1.82, 2.24) is 4.90 Å². The fraction of sp³-hybridized carbons (Fsp3) is 0.562. The lowest BCUT2D eigenvalue weighted by molar-refractivity contribution is -0.384. The number of hydrogen-bond acceptors (Lipinski definition) is 6. The van der Waals surface area contributed by atoms with Crippen molar-refractivity contribution in [2.45, 2.75) is 19.4 Å². The van der Waals surface area contributed by atoms with E-state index < -0.39 is 4.92 Å². The summed E-state index contributed by atoms with van der Waals surface area (Å²) in [6.07, 6.45) is 0.931. The first-order valence-corrected chi connectivity index (χ1v) is 7.69. The second kappa shape index (κ2) is 7.52. The minimum Gasteiger partial charge on any atom is -0.375 e. The average Bonchev–Trinajstić information content (AvgIpc) is 2.94. The number of carbonyl (C=O) groups excluding carboxylic acids is 1. The number of carbonyl (C=O) groups is 1. The minimum atomic E-state index is -0.429. The Balaban J connectivity index is 2.07. The van der Waals surface area contributed by atoms with Crippen molar-refractivity contribution in [3.8, 4) is 0 Å². The molecule has 1 aromatic rings. The van der Waals surface area contributed by atoms with E-state index in [9.17, 15) is 14.9 Å². The molecule has 0 aromatic heterocycles. The molecule has 0 bridgehead atoms. The molecular formula is C16H23N3O4. The Morgan fingerprint density at radius 2 is 2.22 bits per heavy atom. The number of ether oxygens (including phenoxy) is 1. The Morgan fingerprint density at radius 1 is 1.48 bits per heavy atom. The zero-order chi connectivity index (χ0) is 17.0. The van der Waals surface area contributed by atoms with Crippen molar-refractivity contribution in [2.75, 3.05) is 45.2 Å². The third-order valence-corrected chi connectivity index (χ3v) is 3.96. The summed E-state index contributed by atoms with van der Waals surface area (Å²) >= 11 is 0. The van der Waals surface area contributed by atoms with Gasteiger partial charge in [-0.15, -0.1) is 0 Å². The number of nitro groups is 1. The van der Waals surface area contributed by atoms with Crippen LogP contribution in [0.3, 0.4) is 0 Å². The molecule has 0 radical (unpaired) electrons. The van der Waals surface area contributed by atoms with Crippen LogP contribution in [0.4, 0.5) is 11.4 Å². The van der Waals surface area contributed by atoms with E-state index in [1.807, 2.05) is 19.0 Å². The van der Waals surface area contributed by atoms with E-state index in [0.717, 1.165) is 13.0 Å². The van der Waals surface area contributed by atoms with Crippen molar-refractivity contribution < 1.29 is 14.5 Å². The maximum absolute atomic E-state index is 11.4. The van der Waals surface area contributed by atoms with E-state index in [1.165, 1.54) is 13.0 Å². The molecule has 126 valence electrons. The van der Waals surface area contributed by atoms with Gasteiger partial charge in [-0.2, -0.15) is 0 Å². The first kappa shape index (κ1) is 17.4. The van der Waals surface area contributed by atoms with Crippen LogP contribution < -0.4 is 4.90 Å². The largest absolute Gasteiger partial charge is 0.375 e. The summed E-state index contributed by atoms with van der Waals surface area (Å²) in [5.74, 6) is -0.175. The summed E-state index contributed by atoms with van der Waals surface area (Å²) in [6, 6.07) is 4.67. The number of rotatable bonds is 7. The SMILES string of the molecule is CC(=O)c1ccc(N2CCC(OCCN(C)C)C2)c([N+](=O)[O-])c1. The molecule has 23 heavy (non-hydrogen) atoms. The second-order valence-corrected chi connectivity index (χ2v) is 6.05. The molecule has 1 unspecified atom stereocenters. The molecular weight excluding hydrogens is 298 g/mol. The van der Waals surface area contributed by atoms with E-state index in [4.69, 9.17) is 4.74 Å². The first-order chi connectivity index (χ1) is 10.9. The molecule has 0 spiro atoms. The van der Waals surface area contributed by atoms with Gasteiger partial charge in [-0.05, 0) is 39.6 Å². The Labute approximate surface area is 136 Å². The smallest absolute Gasteiger partial charge is 0.293 e. The van der Waals surface area contributed by atoms with Crippen LogP contribution in [0, 0.1) is 10.1 Å². The quantitative estimate of drug-likeness (QED) is 0.434. The van der Waals surface area contributed by atoms with E-state index in [1.54, 1.807) is 12.1 Å². The van der Waals surface area contributed by atoms with Gasteiger partial charge in [0.2, 0.25) is 0 Å². The van der Waals surface area contributed by atoms with Crippen LogP contribution in [0.1, 0.15) is 23.7 Å². The normalized spacial score (nSPS) is 17.7. The zero-order valence-corrected chi connectivity index (χ0v) is 13.8. The third-order valence-electron chi connectivity index (χ3n) is 3.96. The summed E-state index contributed by atoms with van der Waals surface area (Å²) in [4.78, 5) is 26.3. The lowest BCUT2D eigenvalue weighted by Gasteiger charge is -2.19. The molecule has 1 saturated heterocycles. The standard InChI is InChI=1S/C16H23N3O4/c1-12(20)13-4-5-15(16(10-13)19(21)22)18-7-6-14(11-18)23-9-8-17(2)3/h4-5,10,14H,6-9,11H2,1-3H3. The summed E-state index contributed by atoms with van der Waals surface area (Å²) in [5, 5.41) is 11.3. The van der Waals surface area contributed by atoms with Gasteiger partial charge in [0.15, 0.2) is 5.78 Å². The minimum absolute atomic E-state index is 0.0216. The van der Waals surface area contributed by atoms with Gasteiger partial charge in [-0.25, -0.2) is 0 Å². The van der Waals surface area contributed by atoms with Crippen LogP contribution in [-0.2, 0) is 4.74 Å². The van der Waals surface area contributed by atoms with E-state index in [-0.39, 0.29) is 17.6 Å². The predicted octanol–water partition coefficient (Wildman–Crippen LogP) is 1.95. The van der Waals surface area contributed by atoms with E-state index in [0.29, 0.717) is 30.9 Å². The highest BCUT2D eigenvalue weighted by molar-refractivity contribution is 5.95. The second-order valence-electron chi connectivity index (χ2n) is 6.05. The summed E-state index contributed by atoms with van der Waals surface area (Å²) < 4.78 is 5.82. The number of Topliss-reactive ketones (excluding diaryl/α,β-unsaturated/α-hetero) is 1. The number of benzene rings is 1. The number of anilines is 1. The molecule has 0 N–H and O–H groups in total. The van der Waals surface area contributed by atoms with Crippen LogP contribution in [0.15, 0.2) is 18.2 Å². The molecule has 1 atom stereocenters. The van der Waals surface area contributed by atoms with E-state index in [2.05, 4.69) is 4.90 Å². The molecule has 1 fully saturated rings. The Morgan fingerprint density at radius 3 is 2.83 bits per heavy atom. The van der Waals surface area contributed by atoms with E-state index >= 15 is 0 Å². The number of ketones is 1. The molecule has 7 heteroatoms. The highest BCUT2D eigenvalue weighted by Crippen LogP contribution is 2.32. The van der Waals surface area contributed by atoms with Gasteiger partial charge >= 0.3 is 0 Å². The van der Waals surface area contributed by atoms with Crippen molar-refractivity contribution in [3.63, 3.8) is 0 Å². The van der Waals surface area contributed by atoms with Gasteiger partial charge in [0.05, 0.1) is 17.6 Å². The molecule has 7 nitrogen and oxygen atoms in total. The highest BCUT2D eigenvalue weighted by Gasteiger charge is 2.28. The van der Waals surface area contributed by atoms with Crippen molar-refractivity contribution >= 4 is 17.2 Å². The van der Waals surface area contributed by atoms with Gasteiger partial charge in [-0.3, -0.25) is 14.9 Å². The molecule has 1 aliphatic heterocycles. The van der Waals surface area contributed by atoms with Crippen molar-refractivity contribution in [1.29, 1.82) is 0 Å². The molecule has 2 rings (SSSR count). The topological polar surface area (TPSA) is 75.9 Å². The third kappa shape index (κ3) is 4.49. The van der Waals surface area contributed by atoms with Crippen LogP contribution in [0.2, 0.25) is 0 Å². The van der Waals surface area contributed by atoms with Crippen LogP contribution in [0.5, 0.6) is 0 Å². The lowest BCUT2D eigenvalue weighted by atomic mass is 10.1. The van der Waals surface area contributed by atoms with Gasteiger partial charge in [0.1, 0.15) is 5.69 Å². The average molecular weight is 321 g/mol.